The van der Waals surface area contributed by atoms with E-state index in [1.165, 1.54) is 11.3 Å². The Kier molecular flexibility index (Phi) is 9.00. The molecule has 220 valence electrons. The molecule has 42 heavy (non-hydrogen) atoms. The van der Waals surface area contributed by atoms with Crippen molar-refractivity contribution in [1.82, 2.24) is 10.2 Å². The number of hydrogen-bond donors (Lipinski definition) is 2. The van der Waals surface area contributed by atoms with Crippen LogP contribution in [0.1, 0.15) is 45.5 Å². The highest BCUT2D eigenvalue weighted by molar-refractivity contribution is 6.07. The van der Waals surface area contributed by atoms with E-state index < -0.39 is 17.5 Å². The third kappa shape index (κ3) is 6.70. The summed E-state index contributed by atoms with van der Waals surface area (Å²) in [6.07, 6.45) is 2.08. The Bertz CT molecular complexity index is 1470. The molecule has 3 amide bonds. The van der Waals surface area contributed by atoms with Gasteiger partial charge in [-0.3, -0.25) is 14.4 Å². The molecule has 3 aromatic carbocycles. The van der Waals surface area contributed by atoms with Gasteiger partial charge in [0, 0.05) is 69.6 Å². The molecule has 3 aromatic rings. The van der Waals surface area contributed by atoms with E-state index in [0.717, 1.165) is 38.2 Å². The molecule has 0 unspecified atom stereocenters. The van der Waals surface area contributed by atoms with Gasteiger partial charge < -0.3 is 25.3 Å². The van der Waals surface area contributed by atoms with E-state index in [2.05, 4.69) is 39.5 Å². The average Bonchev–Trinajstić information content (AvgIpc) is 3.39. The number of piperazine rings is 1. The maximum atomic E-state index is 14.4. The zero-order valence-electron chi connectivity index (χ0n) is 23.7. The molecule has 10 heteroatoms. The molecule has 0 aliphatic carbocycles. The second-order valence-electron chi connectivity index (χ2n) is 10.7. The van der Waals surface area contributed by atoms with Crippen molar-refractivity contribution in [3.8, 4) is 0 Å². The molecule has 0 saturated carbocycles. The predicted octanol–water partition coefficient (Wildman–Crippen LogP) is 4.59. The first-order valence-corrected chi connectivity index (χ1v) is 14.3. The molecule has 2 saturated heterocycles. The lowest BCUT2D eigenvalue weighted by Gasteiger charge is -2.38. The fourth-order valence-corrected chi connectivity index (χ4v) is 5.54. The summed E-state index contributed by atoms with van der Waals surface area (Å²) in [5, 5.41) is 5.64. The Morgan fingerprint density at radius 2 is 1.60 bits per heavy atom. The summed E-state index contributed by atoms with van der Waals surface area (Å²) >= 11 is 0. The van der Waals surface area contributed by atoms with Crippen molar-refractivity contribution in [2.24, 2.45) is 0 Å². The lowest BCUT2D eigenvalue weighted by Crippen LogP contribution is -2.47. The number of para-hydroxylation sites is 1. The van der Waals surface area contributed by atoms with Crippen LogP contribution in [0.3, 0.4) is 0 Å². The molecular formula is C32H35F2N5O3. The van der Waals surface area contributed by atoms with E-state index in [4.69, 9.17) is 0 Å². The number of nitrogens with one attached hydrogen (secondary N) is 2. The van der Waals surface area contributed by atoms with Gasteiger partial charge in [0.2, 0.25) is 5.91 Å². The highest BCUT2D eigenvalue weighted by Gasteiger charge is 2.24. The first-order valence-electron chi connectivity index (χ1n) is 14.3. The Labute approximate surface area is 244 Å². The zero-order valence-corrected chi connectivity index (χ0v) is 23.7. The Morgan fingerprint density at radius 3 is 2.29 bits per heavy atom. The summed E-state index contributed by atoms with van der Waals surface area (Å²) in [7, 11) is 0. The topological polar surface area (TPSA) is 85.0 Å². The molecule has 0 spiro atoms. The van der Waals surface area contributed by atoms with Crippen LogP contribution in [0.25, 0.3) is 0 Å². The van der Waals surface area contributed by atoms with Crippen LogP contribution in [0, 0.1) is 18.6 Å². The quantitative estimate of drug-likeness (QED) is 0.365. The molecular weight excluding hydrogens is 540 g/mol. The summed E-state index contributed by atoms with van der Waals surface area (Å²) in [5.74, 6) is -2.65. The number of rotatable bonds is 9. The first kappa shape index (κ1) is 29.0. The van der Waals surface area contributed by atoms with Gasteiger partial charge in [-0.05, 0) is 61.7 Å². The molecule has 8 nitrogen and oxygen atoms in total. The normalized spacial score (nSPS) is 15.2. The molecule has 0 aromatic heterocycles. The minimum absolute atomic E-state index is 0.148. The molecule has 2 aliphatic heterocycles. The predicted molar refractivity (Wildman–Crippen MR) is 159 cm³/mol. The first-order chi connectivity index (χ1) is 20.3. The molecule has 0 atom stereocenters. The molecule has 0 bridgehead atoms. The second kappa shape index (κ2) is 13.0. The van der Waals surface area contributed by atoms with Gasteiger partial charge in [0.1, 0.15) is 11.6 Å². The number of likely N-dealkylation sites (tertiary alicyclic amines) is 1. The standard InChI is InChI=1S/C32H35F2N5O3/c1-22-6-2-3-7-28(22)37-16-18-38(19-17-37)29-12-9-23(31(41)35-13-5-15-39-14-4-8-30(39)40)20-27(29)36-32(42)25-11-10-24(33)21-26(25)34/h2-3,6-7,9-12,20-21H,4-5,8,13-19H2,1H3,(H,35,41)(H,36,42). The van der Waals surface area contributed by atoms with Crippen molar-refractivity contribution < 1.29 is 23.2 Å². The van der Waals surface area contributed by atoms with Crippen LogP contribution in [0.15, 0.2) is 60.7 Å². The van der Waals surface area contributed by atoms with E-state index in [9.17, 15) is 23.2 Å². The fourth-order valence-electron chi connectivity index (χ4n) is 5.54. The van der Waals surface area contributed by atoms with Crippen LogP contribution >= 0.6 is 0 Å². The van der Waals surface area contributed by atoms with Crippen molar-refractivity contribution in [1.29, 1.82) is 0 Å². The number of nitrogens with zero attached hydrogens (tertiary/aromatic N) is 3. The molecule has 2 heterocycles. The average molecular weight is 576 g/mol. The SMILES string of the molecule is Cc1ccccc1N1CCN(c2ccc(C(=O)NCCCN3CCCC3=O)cc2NC(=O)c2ccc(F)cc2F)CC1. The number of amides is 3. The number of carbonyl (C=O) groups excluding carboxylic acids is 3. The van der Waals surface area contributed by atoms with Crippen molar-refractivity contribution >= 4 is 34.8 Å². The molecule has 5 rings (SSSR count). The Hall–Kier alpha value is -4.47. The molecule has 0 radical (unpaired) electrons. The van der Waals surface area contributed by atoms with Gasteiger partial charge in [0.25, 0.3) is 11.8 Å². The summed E-state index contributed by atoms with van der Waals surface area (Å²) in [6, 6.07) is 16.1. The minimum Gasteiger partial charge on any atom is -0.368 e. The number of halogens is 2. The Morgan fingerprint density at radius 1 is 0.857 bits per heavy atom. The van der Waals surface area contributed by atoms with Crippen LogP contribution in [-0.2, 0) is 4.79 Å². The van der Waals surface area contributed by atoms with Gasteiger partial charge in [-0.25, -0.2) is 8.78 Å². The number of anilines is 3. The van der Waals surface area contributed by atoms with E-state index in [0.29, 0.717) is 62.0 Å². The highest BCUT2D eigenvalue weighted by atomic mass is 19.1. The van der Waals surface area contributed by atoms with Crippen LogP contribution in [0.2, 0.25) is 0 Å². The van der Waals surface area contributed by atoms with Gasteiger partial charge in [-0.15, -0.1) is 0 Å². The lowest BCUT2D eigenvalue weighted by atomic mass is 10.1. The third-order valence-electron chi connectivity index (χ3n) is 7.82. The smallest absolute Gasteiger partial charge is 0.258 e. The number of aryl methyl sites for hydroxylation is 1. The highest BCUT2D eigenvalue weighted by Crippen LogP contribution is 2.31. The summed E-state index contributed by atoms with van der Waals surface area (Å²) in [5.41, 5.74) is 3.49. The fraction of sp³-hybridized carbons (Fsp3) is 0.344. The molecule has 2 aliphatic rings. The van der Waals surface area contributed by atoms with Gasteiger partial charge in [0.05, 0.1) is 16.9 Å². The van der Waals surface area contributed by atoms with Crippen molar-refractivity contribution in [3.63, 3.8) is 0 Å². The molecule has 2 N–H and O–H groups in total. The summed E-state index contributed by atoms with van der Waals surface area (Å²) in [4.78, 5) is 44.1. The summed E-state index contributed by atoms with van der Waals surface area (Å²) < 4.78 is 27.9. The van der Waals surface area contributed by atoms with Crippen molar-refractivity contribution in [2.75, 3.05) is 60.9 Å². The number of benzene rings is 3. The Balaban J connectivity index is 1.31. The molecule has 2 fully saturated rings. The maximum absolute atomic E-state index is 14.4. The van der Waals surface area contributed by atoms with Gasteiger partial charge >= 0.3 is 0 Å². The van der Waals surface area contributed by atoms with Crippen LogP contribution in [-0.4, -0.2) is 68.4 Å². The van der Waals surface area contributed by atoms with Gasteiger partial charge in [0.15, 0.2) is 0 Å². The lowest BCUT2D eigenvalue weighted by molar-refractivity contribution is -0.127. The largest absolute Gasteiger partial charge is 0.368 e. The monoisotopic (exact) mass is 575 g/mol. The van der Waals surface area contributed by atoms with Crippen LogP contribution in [0.5, 0.6) is 0 Å². The van der Waals surface area contributed by atoms with Gasteiger partial charge in [-0.2, -0.15) is 0 Å². The van der Waals surface area contributed by atoms with Gasteiger partial charge in [-0.1, -0.05) is 18.2 Å². The van der Waals surface area contributed by atoms with Crippen LogP contribution in [0.4, 0.5) is 25.8 Å². The maximum Gasteiger partial charge on any atom is 0.258 e. The van der Waals surface area contributed by atoms with E-state index in [-0.39, 0.29) is 17.4 Å². The number of hydrogen-bond acceptors (Lipinski definition) is 5. The van der Waals surface area contributed by atoms with Crippen molar-refractivity contribution in [3.05, 3.63) is 89.0 Å². The third-order valence-corrected chi connectivity index (χ3v) is 7.82. The van der Waals surface area contributed by atoms with Crippen molar-refractivity contribution in [2.45, 2.75) is 26.2 Å². The van der Waals surface area contributed by atoms with E-state index in [1.54, 1.807) is 18.2 Å². The summed E-state index contributed by atoms with van der Waals surface area (Å²) in [6.45, 7) is 6.68. The minimum atomic E-state index is -0.966. The number of carbonyl (C=O) groups is 3. The van der Waals surface area contributed by atoms with E-state index >= 15 is 0 Å². The zero-order chi connectivity index (χ0) is 29.6. The van der Waals surface area contributed by atoms with Crippen LogP contribution < -0.4 is 20.4 Å². The second-order valence-corrected chi connectivity index (χ2v) is 10.7. The van der Waals surface area contributed by atoms with E-state index in [1.807, 2.05) is 17.0 Å².